The maximum Gasteiger partial charge on any atom is 0.416 e. The van der Waals surface area contributed by atoms with Gasteiger partial charge in [0.2, 0.25) is 0 Å². The average Bonchev–Trinajstić information content (AvgIpc) is 2.81. The van der Waals surface area contributed by atoms with Gasteiger partial charge in [0, 0.05) is 5.69 Å². The van der Waals surface area contributed by atoms with E-state index < -0.39 is 11.7 Å². The minimum absolute atomic E-state index is 0.255. The molecule has 0 saturated heterocycles. The van der Waals surface area contributed by atoms with E-state index in [1.165, 1.54) is 18.2 Å². The van der Waals surface area contributed by atoms with Gasteiger partial charge in [-0.05, 0) is 47.9 Å². The highest BCUT2D eigenvalue weighted by Gasteiger charge is 2.31. The molecule has 1 atom stereocenters. The van der Waals surface area contributed by atoms with E-state index >= 15 is 0 Å². The summed E-state index contributed by atoms with van der Waals surface area (Å²) in [6.07, 6.45) is -3.87. The Morgan fingerprint density at radius 2 is 1.85 bits per heavy atom. The molecule has 5 heteroatoms. The maximum atomic E-state index is 13.1. The molecular formula is C15H11F4N. The van der Waals surface area contributed by atoms with E-state index in [0.717, 1.165) is 23.4 Å². The summed E-state index contributed by atoms with van der Waals surface area (Å²) in [5.41, 5.74) is 1.44. The molecule has 0 amide bonds. The van der Waals surface area contributed by atoms with Crippen molar-refractivity contribution in [2.75, 3.05) is 5.32 Å². The number of rotatable bonds is 1. The number of hydrogen-bond acceptors (Lipinski definition) is 1. The Bertz CT molecular complexity index is 649. The Labute approximate surface area is 113 Å². The molecule has 0 fully saturated rings. The predicted octanol–water partition coefficient (Wildman–Crippen LogP) is 4.55. The van der Waals surface area contributed by atoms with Gasteiger partial charge < -0.3 is 5.32 Å². The number of fused-ring (bicyclic) bond motifs is 1. The zero-order valence-corrected chi connectivity index (χ0v) is 10.3. The molecule has 0 bridgehead atoms. The van der Waals surface area contributed by atoms with Crippen LogP contribution in [0.5, 0.6) is 0 Å². The van der Waals surface area contributed by atoms with Crippen molar-refractivity contribution < 1.29 is 17.6 Å². The molecule has 1 N–H and O–H groups in total. The highest BCUT2D eigenvalue weighted by Crippen LogP contribution is 2.36. The molecule has 0 aliphatic carbocycles. The highest BCUT2D eigenvalue weighted by atomic mass is 19.4. The van der Waals surface area contributed by atoms with Crippen LogP contribution in [0.25, 0.3) is 0 Å². The van der Waals surface area contributed by atoms with Crippen LogP contribution in [0.2, 0.25) is 0 Å². The van der Waals surface area contributed by atoms with Crippen molar-refractivity contribution in [2.45, 2.75) is 18.6 Å². The summed E-state index contributed by atoms with van der Waals surface area (Å²) >= 11 is 0. The van der Waals surface area contributed by atoms with Gasteiger partial charge in [0.25, 0.3) is 0 Å². The summed E-state index contributed by atoms with van der Waals surface area (Å²) in [5.74, 6) is -0.338. The molecule has 0 aromatic heterocycles. The van der Waals surface area contributed by atoms with Crippen LogP contribution in [0.4, 0.5) is 23.2 Å². The van der Waals surface area contributed by atoms with E-state index in [0.29, 0.717) is 12.0 Å². The third-order valence-electron chi connectivity index (χ3n) is 3.44. The lowest BCUT2D eigenvalue weighted by molar-refractivity contribution is -0.137. The maximum absolute atomic E-state index is 13.1. The van der Waals surface area contributed by atoms with Crippen LogP contribution in [0.1, 0.15) is 22.7 Å². The molecule has 0 radical (unpaired) electrons. The van der Waals surface area contributed by atoms with Gasteiger partial charge in [-0.3, -0.25) is 0 Å². The summed E-state index contributed by atoms with van der Waals surface area (Å²) in [5, 5.41) is 3.12. The van der Waals surface area contributed by atoms with Crippen molar-refractivity contribution in [3.63, 3.8) is 0 Å². The largest absolute Gasteiger partial charge is 0.416 e. The van der Waals surface area contributed by atoms with E-state index in [1.807, 2.05) is 0 Å². The minimum atomic E-state index is -4.35. The van der Waals surface area contributed by atoms with Crippen LogP contribution in [-0.4, -0.2) is 0 Å². The summed E-state index contributed by atoms with van der Waals surface area (Å²) in [6.45, 7) is 0. The zero-order valence-electron chi connectivity index (χ0n) is 10.3. The average molecular weight is 281 g/mol. The first-order chi connectivity index (χ1) is 9.43. The molecule has 1 unspecified atom stereocenters. The third kappa shape index (κ3) is 2.35. The number of halogens is 4. The van der Waals surface area contributed by atoms with Crippen molar-refractivity contribution in [3.8, 4) is 0 Å². The molecule has 20 heavy (non-hydrogen) atoms. The van der Waals surface area contributed by atoms with Crippen LogP contribution in [-0.2, 0) is 12.6 Å². The number of hydrogen-bond donors (Lipinski definition) is 1. The lowest BCUT2D eigenvalue weighted by atomic mass is 10.0. The smallest absolute Gasteiger partial charge is 0.378 e. The minimum Gasteiger partial charge on any atom is -0.378 e. The molecule has 3 rings (SSSR count). The summed E-state index contributed by atoms with van der Waals surface area (Å²) < 4.78 is 51.2. The van der Waals surface area contributed by atoms with Gasteiger partial charge in [0.15, 0.2) is 0 Å². The monoisotopic (exact) mass is 281 g/mol. The first-order valence-corrected chi connectivity index (χ1v) is 6.15. The Hall–Kier alpha value is -2.04. The lowest BCUT2D eigenvalue weighted by Gasteiger charge is -2.14. The van der Waals surface area contributed by atoms with Gasteiger partial charge in [-0.1, -0.05) is 12.1 Å². The molecular weight excluding hydrogens is 270 g/mol. The van der Waals surface area contributed by atoms with Crippen molar-refractivity contribution in [1.82, 2.24) is 0 Å². The van der Waals surface area contributed by atoms with Crippen LogP contribution in [0.15, 0.2) is 42.5 Å². The van der Waals surface area contributed by atoms with Gasteiger partial charge in [-0.2, -0.15) is 13.2 Å². The first kappa shape index (κ1) is 13.0. The van der Waals surface area contributed by atoms with Gasteiger partial charge in [0.1, 0.15) is 5.82 Å². The fraction of sp³-hybridized carbons (Fsp3) is 0.200. The van der Waals surface area contributed by atoms with E-state index in [2.05, 4.69) is 5.32 Å². The van der Waals surface area contributed by atoms with Crippen molar-refractivity contribution in [1.29, 1.82) is 0 Å². The Kier molecular flexibility index (Phi) is 2.92. The molecule has 104 valence electrons. The quantitative estimate of drug-likeness (QED) is 0.756. The Morgan fingerprint density at radius 1 is 1.05 bits per heavy atom. The fourth-order valence-corrected chi connectivity index (χ4v) is 2.46. The van der Waals surface area contributed by atoms with Gasteiger partial charge in [0.05, 0.1) is 11.6 Å². The van der Waals surface area contributed by atoms with Crippen LogP contribution >= 0.6 is 0 Å². The van der Waals surface area contributed by atoms with Crippen LogP contribution < -0.4 is 5.32 Å². The zero-order chi connectivity index (χ0) is 14.3. The van der Waals surface area contributed by atoms with Crippen molar-refractivity contribution >= 4 is 5.69 Å². The van der Waals surface area contributed by atoms with Gasteiger partial charge >= 0.3 is 6.18 Å². The summed E-state index contributed by atoms with van der Waals surface area (Å²) in [4.78, 5) is 0. The van der Waals surface area contributed by atoms with E-state index in [4.69, 9.17) is 0 Å². The molecule has 2 aromatic rings. The van der Waals surface area contributed by atoms with Gasteiger partial charge in [-0.25, -0.2) is 4.39 Å². The predicted molar refractivity (Wildman–Crippen MR) is 67.9 cm³/mol. The Balaban J connectivity index is 1.89. The highest BCUT2D eigenvalue weighted by molar-refractivity contribution is 5.58. The molecule has 0 saturated carbocycles. The molecule has 2 aromatic carbocycles. The van der Waals surface area contributed by atoms with Gasteiger partial charge in [-0.15, -0.1) is 0 Å². The normalized spacial score (nSPS) is 17.7. The van der Waals surface area contributed by atoms with Crippen molar-refractivity contribution in [2.24, 2.45) is 0 Å². The SMILES string of the molecule is Fc1ccc2c(c1)CC(c1cccc(C(F)(F)F)c1)N2. The van der Waals surface area contributed by atoms with Crippen LogP contribution in [0, 0.1) is 5.82 Å². The second-order valence-electron chi connectivity index (χ2n) is 4.83. The van der Waals surface area contributed by atoms with Crippen LogP contribution in [0.3, 0.4) is 0 Å². The number of benzene rings is 2. The van der Waals surface area contributed by atoms with Crippen molar-refractivity contribution in [3.05, 3.63) is 65.0 Å². The second-order valence-corrected chi connectivity index (χ2v) is 4.83. The van der Waals surface area contributed by atoms with E-state index in [9.17, 15) is 17.6 Å². The number of anilines is 1. The topological polar surface area (TPSA) is 12.0 Å². The second kappa shape index (κ2) is 4.51. The molecule has 1 heterocycles. The molecule has 1 aliphatic heterocycles. The molecule has 1 aliphatic rings. The fourth-order valence-electron chi connectivity index (χ4n) is 2.46. The Morgan fingerprint density at radius 3 is 2.60 bits per heavy atom. The lowest BCUT2D eigenvalue weighted by Crippen LogP contribution is -2.09. The summed E-state index contributed by atoms with van der Waals surface area (Å²) in [6, 6.07) is 9.33. The summed E-state index contributed by atoms with van der Waals surface area (Å²) in [7, 11) is 0. The van der Waals surface area contributed by atoms with E-state index in [-0.39, 0.29) is 11.9 Å². The first-order valence-electron chi connectivity index (χ1n) is 6.15. The molecule has 0 spiro atoms. The molecule has 1 nitrogen and oxygen atoms in total. The number of alkyl halides is 3. The third-order valence-corrected chi connectivity index (χ3v) is 3.44. The number of nitrogens with one attached hydrogen (secondary N) is 1. The van der Waals surface area contributed by atoms with E-state index in [1.54, 1.807) is 12.1 Å². The standard InChI is InChI=1S/C15H11F4N/c16-12-4-5-13-10(7-12)8-14(20-13)9-2-1-3-11(6-9)15(17,18)19/h1-7,14,20H,8H2.